The van der Waals surface area contributed by atoms with Gasteiger partial charge < -0.3 is 0 Å². The molecule has 0 aliphatic carbocycles. The summed E-state index contributed by atoms with van der Waals surface area (Å²) in [6, 6.07) is 11.7. The van der Waals surface area contributed by atoms with Gasteiger partial charge in [0.05, 0.1) is 0 Å². The first-order chi connectivity index (χ1) is 9.58. The van der Waals surface area contributed by atoms with Gasteiger partial charge in [-0.2, -0.15) is 0 Å². The smallest absolute Gasteiger partial charge is 0.127 e. The fourth-order valence-corrected chi connectivity index (χ4v) is 2.97. The van der Waals surface area contributed by atoms with Crippen LogP contribution >= 0.6 is 31.9 Å². The maximum atomic E-state index is 13.8. The second kappa shape index (κ2) is 7.32. The molecule has 0 aromatic heterocycles. The summed E-state index contributed by atoms with van der Waals surface area (Å²) in [6.07, 6.45) is 1.35. The maximum Gasteiger partial charge on any atom is 0.127 e. The van der Waals surface area contributed by atoms with Crippen LogP contribution in [0.2, 0.25) is 0 Å². The van der Waals surface area contributed by atoms with E-state index in [4.69, 9.17) is 0 Å². The Balaban J connectivity index is 2.09. The lowest BCUT2D eigenvalue weighted by molar-refractivity contribution is 0.547. The summed E-state index contributed by atoms with van der Waals surface area (Å²) in [5, 5.41) is 0.749. The van der Waals surface area contributed by atoms with E-state index >= 15 is 0 Å². The van der Waals surface area contributed by atoms with Crippen LogP contribution in [0.4, 0.5) is 8.78 Å². The molecule has 1 atom stereocenters. The van der Waals surface area contributed by atoms with Gasteiger partial charge in [0.1, 0.15) is 11.6 Å². The fourth-order valence-electron chi connectivity index (χ4n) is 2.18. The van der Waals surface area contributed by atoms with E-state index in [2.05, 4.69) is 31.9 Å². The van der Waals surface area contributed by atoms with Gasteiger partial charge in [-0.3, -0.25) is 0 Å². The third-order valence-corrected chi connectivity index (χ3v) is 4.56. The summed E-state index contributed by atoms with van der Waals surface area (Å²) in [5.41, 5.74) is 1.63. The highest BCUT2D eigenvalue weighted by molar-refractivity contribution is 9.10. The van der Waals surface area contributed by atoms with Crippen molar-refractivity contribution in [2.75, 3.05) is 5.33 Å². The first-order valence-electron chi connectivity index (χ1n) is 6.33. The van der Waals surface area contributed by atoms with Gasteiger partial charge in [-0.1, -0.05) is 50.1 Å². The highest BCUT2D eigenvalue weighted by Crippen LogP contribution is 2.21. The van der Waals surface area contributed by atoms with Crippen LogP contribution in [0.25, 0.3) is 0 Å². The second-order valence-corrected chi connectivity index (χ2v) is 6.36. The Bertz CT molecular complexity index is 584. The van der Waals surface area contributed by atoms with Gasteiger partial charge in [0.25, 0.3) is 0 Å². The van der Waals surface area contributed by atoms with Crippen molar-refractivity contribution in [1.29, 1.82) is 0 Å². The monoisotopic (exact) mass is 402 g/mol. The standard InChI is InChI=1S/C16H14Br2F2/c17-10-12(6-11-2-1-3-15(19)8-11)7-13-4-5-14(18)9-16(13)20/h1-5,8-9,12H,6-7,10H2. The molecular formula is C16H14Br2F2. The average Bonchev–Trinajstić information content (AvgIpc) is 2.41. The summed E-state index contributed by atoms with van der Waals surface area (Å²) in [6.45, 7) is 0. The van der Waals surface area contributed by atoms with Crippen molar-refractivity contribution in [3.8, 4) is 0 Å². The van der Waals surface area contributed by atoms with Crippen molar-refractivity contribution in [2.24, 2.45) is 5.92 Å². The zero-order valence-electron chi connectivity index (χ0n) is 10.8. The lowest BCUT2D eigenvalue weighted by Crippen LogP contribution is -2.11. The molecule has 0 saturated carbocycles. The molecule has 0 aliphatic heterocycles. The zero-order chi connectivity index (χ0) is 14.5. The number of alkyl halides is 1. The van der Waals surface area contributed by atoms with Gasteiger partial charge in [0, 0.05) is 9.80 Å². The van der Waals surface area contributed by atoms with E-state index in [1.165, 1.54) is 18.2 Å². The third kappa shape index (κ3) is 4.38. The number of hydrogen-bond acceptors (Lipinski definition) is 0. The lowest BCUT2D eigenvalue weighted by atomic mass is 9.94. The van der Waals surface area contributed by atoms with Crippen LogP contribution in [0.3, 0.4) is 0 Å². The normalized spacial score (nSPS) is 12.4. The summed E-state index contributed by atoms with van der Waals surface area (Å²) >= 11 is 6.71. The van der Waals surface area contributed by atoms with Crippen LogP contribution in [0.5, 0.6) is 0 Å². The SMILES string of the molecule is Fc1cccc(CC(CBr)Cc2ccc(Br)cc2F)c1. The van der Waals surface area contributed by atoms with Crippen LogP contribution in [-0.2, 0) is 12.8 Å². The zero-order valence-corrected chi connectivity index (χ0v) is 13.9. The Morgan fingerprint density at radius 3 is 2.45 bits per heavy atom. The minimum Gasteiger partial charge on any atom is -0.207 e. The molecule has 0 spiro atoms. The van der Waals surface area contributed by atoms with E-state index in [0.29, 0.717) is 12.0 Å². The summed E-state index contributed by atoms with van der Waals surface area (Å²) in [4.78, 5) is 0. The topological polar surface area (TPSA) is 0 Å². The fraction of sp³-hybridized carbons (Fsp3) is 0.250. The number of rotatable bonds is 5. The maximum absolute atomic E-state index is 13.8. The molecule has 2 aromatic rings. The Morgan fingerprint density at radius 2 is 1.80 bits per heavy atom. The van der Waals surface area contributed by atoms with Crippen molar-refractivity contribution in [2.45, 2.75) is 12.8 Å². The Hall–Kier alpha value is -0.740. The molecular weight excluding hydrogens is 390 g/mol. The predicted octanol–water partition coefficient (Wildman–Crippen LogP) is 5.52. The van der Waals surface area contributed by atoms with Crippen LogP contribution in [0, 0.1) is 17.6 Å². The van der Waals surface area contributed by atoms with E-state index in [-0.39, 0.29) is 17.6 Å². The summed E-state index contributed by atoms with van der Waals surface area (Å²) in [7, 11) is 0. The molecule has 0 amide bonds. The predicted molar refractivity (Wildman–Crippen MR) is 85.2 cm³/mol. The summed E-state index contributed by atoms with van der Waals surface area (Å²) < 4.78 is 27.8. The second-order valence-electron chi connectivity index (χ2n) is 4.79. The van der Waals surface area contributed by atoms with Gasteiger partial charge in [-0.25, -0.2) is 8.78 Å². The molecule has 2 aromatic carbocycles. The van der Waals surface area contributed by atoms with Gasteiger partial charge in [0.2, 0.25) is 0 Å². The number of benzene rings is 2. The molecule has 2 rings (SSSR count). The van der Waals surface area contributed by atoms with Crippen LogP contribution in [0.1, 0.15) is 11.1 Å². The first-order valence-corrected chi connectivity index (χ1v) is 8.24. The first kappa shape index (κ1) is 15.6. The van der Waals surface area contributed by atoms with Crippen molar-refractivity contribution >= 4 is 31.9 Å². The minimum absolute atomic E-state index is 0.204. The Morgan fingerprint density at radius 1 is 1.00 bits per heavy atom. The molecule has 0 fully saturated rings. The molecule has 0 aliphatic rings. The van der Waals surface area contributed by atoms with E-state index < -0.39 is 0 Å². The van der Waals surface area contributed by atoms with Gasteiger partial charge in [-0.05, 0) is 54.2 Å². The molecule has 1 unspecified atom stereocenters. The Labute approximate surface area is 134 Å². The van der Waals surface area contributed by atoms with Crippen LogP contribution in [-0.4, -0.2) is 5.33 Å². The van der Waals surface area contributed by atoms with E-state index in [9.17, 15) is 8.78 Å². The Kier molecular flexibility index (Phi) is 5.73. The van der Waals surface area contributed by atoms with Gasteiger partial charge in [-0.15, -0.1) is 0 Å². The highest BCUT2D eigenvalue weighted by Gasteiger charge is 2.13. The lowest BCUT2D eigenvalue weighted by Gasteiger charge is -2.15. The number of hydrogen-bond donors (Lipinski definition) is 0. The molecule has 0 saturated heterocycles. The van der Waals surface area contributed by atoms with Crippen molar-refractivity contribution in [3.05, 3.63) is 69.7 Å². The number of halogens is 4. The van der Waals surface area contributed by atoms with E-state index in [1.54, 1.807) is 12.1 Å². The van der Waals surface area contributed by atoms with Gasteiger partial charge in [0.15, 0.2) is 0 Å². The van der Waals surface area contributed by atoms with E-state index in [1.807, 2.05) is 12.1 Å². The van der Waals surface area contributed by atoms with Crippen LogP contribution < -0.4 is 0 Å². The molecule has 0 bridgehead atoms. The van der Waals surface area contributed by atoms with Crippen LogP contribution in [0.15, 0.2) is 46.9 Å². The molecule has 0 N–H and O–H groups in total. The van der Waals surface area contributed by atoms with Crippen molar-refractivity contribution < 1.29 is 8.78 Å². The molecule has 0 radical (unpaired) electrons. The minimum atomic E-state index is -0.231. The molecule has 0 nitrogen and oxygen atoms in total. The van der Waals surface area contributed by atoms with E-state index in [0.717, 1.165) is 21.8 Å². The summed E-state index contributed by atoms with van der Waals surface area (Å²) in [5.74, 6) is -0.206. The quantitative estimate of drug-likeness (QED) is 0.576. The third-order valence-electron chi connectivity index (χ3n) is 3.16. The highest BCUT2D eigenvalue weighted by atomic mass is 79.9. The molecule has 106 valence electrons. The molecule has 20 heavy (non-hydrogen) atoms. The molecule has 0 heterocycles. The largest absolute Gasteiger partial charge is 0.207 e. The van der Waals surface area contributed by atoms with Crippen molar-refractivity contribution in [1.82, 2.24) is 0 Å². The molecule has 4 heteroatoms. The average molecular weight is 404 g/mol. The van der Waals surface area contributed by atoms with Crippen molar-refractivity contribution in [3.63, 3.8) is 0 Å². The van der Waals surface area contributed by atoms with Gasteiger partial charge >= 0.3 is 0 Å².